The fraction of sp³-hybridized carbons (Fsp3) is 0.300. The Labute approximate surface area is 147 Å². The normalized spacial score (nSPS) is 16.6. The van der Waals surface area contributed by atoms with E-state index in [9.17, 15) is 0 Å². The largest absolute Gasteiger partial charge is 0.493 e. The lowest BCUT2D eigenvalue weighted by molar-refractivity contribution is 0.341. The van der Waals surface area contributed by atoms with Crippen molar-refractivity contribution in [3.05, 3.63) is 54.1 Å². The number of anilines is 2. The third kappa shape index (κ3) is 2.86. The van der Waals surface area contributed by atoms with E-state index < -0.39 is 0 Å². The van der Waals surface area contributed by atoms with Crippen molar-refractivity contribution in [2.45, 2.75) is 32.7 Å². The molecule has 0 radical (unpaired) electrons. The molecule has 2 heterocycles. The Balaban J connectivity index is 1.73. The molecule has 1 unspecified atom stereocenters. The van der Waals surface area contributed by atoms with Crippen molar-refractivity contribution in [2.24, 2.45) is 0 Å². The van der Waals surface area contributed by atoms with E-state index in [1.165, 1.54) is 5.56 Å². The van der Waals surface area contributed by atoms with Gasteiger partial charge < -0.3 is 9.26 Å². The van der Waals surface area contributed by atoms with Crippen LogP contribution in [0.1, 0.15) is 25.8 Å². The summed E-state index contributed by atoms with van der Waals surface area (Å²) in [5.74, 6) is 1.32. The number of aryl methyl sites for hydroxylation is 1. The van der Waals surface area contributed by atoms with Crippen molar-refractivity contribution >= 4 is 11.7 Å². The molecule has 128 valence electrons. The molecule has 0 amide bonds. The quantitative estimate of drug-likeness (QED) is 0.697. The minimum absolute atomic E-state index is 0.310. The molecule has 5 heteroatoms. The molecule has 0 spiro atoms. The van der Waals surface area contributed by atoms with Gasteiger partial charge in [0.25, 0.3) is 0 Å². The molecule has 1 aliphatic heterocycles. The molecule has 1 atom stereocenters. The Morgan fingerprint density at radius 1 is 1.16 bits per heavy atom. The monoisotopic (exact) mass is 335 g/mol. The van der Waals surface area contributed by atoms with Crippen LogP contribution in [0.4, 0.5) is 11.7 Å². The second-order valence-electron chi connectivity index (χ2n) is 6.22. The van der Waals surface area contributed by atoms with Crippen molar-refractivity contribution in [2.75, 3.05) is 11.5 Å². The lowest BCUT2D eigenvalue weighted by atomic mass is 9.97. The predicted molar refractivity (Wildman–Crippen MR) is 97.3 cm³/mol. The van der Waals surface area contributed by atoms with E-state index in [2.05, 4.69) is 40.2 Å². The van der Waals surface area contributed by atoms with Gasteiger partial charge in [0, 0.05) is 11.7 Å². The van der Waals surface area contributed by atoms with Crippen molar-refractivity contribution in [1.29, 1.82) is 0 Å². The summed E-state index contributed by atoms with van der Waals surface area (Å²) in [5, 5.41) is 4.20. The molecule has 0 fully saturated rings. The number of ether oxygens (including phenoxy) is 1. The fourth-order valence-corrected chi connectivity index (χ4v) is 3.34. The van der Waals surface area contributed by atoms with E-state index >= 15 is 0 Å². The van der Waals surface area contributed by atoms with Gasteiger partial charge in [-0.25, -0.2) is 0 Å². The highest BCUT2D eigenvalue weighted by Gasteiger charge is 2.28. The molecular formula is C20H21N3O2. The van der Waals surface area contributed by atoms with Crippen LogP contribution in [0.25, 0.3) is 11.4 Å². The Morgan fingerprint density at radius 2 is 1.96 bits per heavy atom. The maximum absolute atomic E-state index is 5.69. The zero-order valence-electron chi connectivity index (χ0n) is 14.5. The smallest absolute Gasteiger partial charge is 0.329 e. The molecule has 0 saturated carbocycles. The molecule has 3 aromatic rings. The van der Waals surface area contributed by atoms with E-state index in [-0.39, 0.29) is 0 Å². The molecule has 0 N–H and O–H groups in total. The molecular weight excluding hydrogens is 314 g/mol. The Kier molecular flexibility index (Phi) is 4.14. The Bertz CT molecular complexity index is 875. The summed E-state index contributed by atoms with van der Waals surface area (Å²) in [7, 11) is 0. The van der Waals surface area contributed by atoms with Crippen molar-refractivity contribution in [1.82, 2.24) is 10.1 Å². The van der Waals surface area contributed by atoms with Gasteiger partial charge in [0.2, 0.25) is 5.82 Å². The number of benzene rings is 2. The number of hydrogen-bond acceptors (Lipinski definition) is 5. The zero-order valence-corrected chi connectivity index (χ0v) is 14.5. The van der Waals surface area contributed by atoms with Crippen LogP contribution in [0.5, 0.6) is 5.75 Å². The molecule has 0 saturated heterocycles. The first-order valence-corrected chi connectivity index (χ1v) is 8.71. The van der Waals surface area contributed by atoms with E-state index in [1.54, 1.807) is 0 Å². The summed E-state index contributed by atoms with van der Waals surface area (Å²) < 4.78 is 11.3. The summed E-state index contributed by atoms with van der Waals surface area (Å²) in [6.07, 6.45) is 2.13. The maximum Gasteiger partial charge on any atom is 0.329 e. The summed E-state index contributed by atoms with van der Waals surface area (Å²) in [6, 6.07) is 17.0. The van der Waals surface area contributed by atoms with Crippen LogP contribution < -0.4 is 9.64 Å². The van der Waals surface area contributed by atoms with Crippen molar-refractivity contribution in [3.63, 3.8) is 0 Å². The first-order valence-electron chi connectivity index (χ1n) is 8.71. The fourth-order valence-electron chi connectivity index (χ4n) is 3.34. The van der Waals surface area contributed by atoms with Gasteiger partial charge in [-0.1, -0.05) is 35.5 Å². The van der Waals surface area contributed by atoms with Gasteiger partial charge in [0.15, 0.2) is 0 Å². The summed E-state index contributed by atoms with van der Waals surface area (Å²) in [5.41, 5.74) is 3.31. The average molecular weight is 335 g/mol. The number of hydrogen-bond donors (Lipinski definition) is 0. The van der Waals surface area contributed by atoms with Gasteiger partial charge in [0.05, 0.1) is 12.2 Å². The molecule has 25 heavy (non-hydrogen) atoms. The molecule has 1 aromatic heterocycles. The molecule has 1 aliphatic rings. The van der Waals surface area contributed by atoms with Gasteiger partial charge in [-0.05, 0) is 50.5 Å². The van der Waals surface area contributed by atoms with E-state index in [0.29, 0.717) is 24.5 Å². The third-order valence-corrected chi connectivity index (χ3v) is 4.57. The van der Waals surface area contributed by atoms with Gasteiger partial charge in [-0.15, -0.1) is 0 Å². The van der Waals surface area contributed by atoms with E-state index in [1.807, 2.05) is 37.3 Å². The van der Waals surface area contributed by atoms with Crippen molar-refractivity contribution < 1.29 is 9.26 Å². The highest BCUT2D eigenvalue weighted by Crippen LogP contribution is 2.37. The third-order valence-electron chi connectivity index (χ3n) is 4.57. The first kappa shape index (κ1) is 15.7. The summed E-state index contributed by atoms with van der Waals surface area (Å²) >= 11 is 0. The number of aromatic nitrogens is 2. The second-order valence-corrected chi connectivity index (χ2v) is 6.22. The minimum atomic E-state index is 0.310. The molecule has 5 nitrogen and oxygen atoms in total. The average Bonchev–Trinajstić information content (AvgIpc) is 3.12. The van der Waals surface area contributed by atoms with Gasteiger partial charge >= 0.3 is 6.01 Å². The molecule has 4 rings (SSSR count). The number of nitrogens with zero attached hydrogens (tertiary/aromatic N) is 3. The topological polar surface area (TPSA) is 51.4 Å². The predicted octanol–water partition coefficient (Wildman–Crippen LogP) is 4.61. The van der Waals surface area contributed by atoms with Crippen LogP contribution in [0.2, 0.25) is 0 Å². The van der Waals surface area contributed by atoms with Crippen LogP contribution in [0.3, 0.4) is 0 Å². The minimum Gasteiger partial charge on any atom is -0.493 e. The highest BCUT2D eigenvalue weighted by molar-refractivity contribution is 5.67. The Morgan fingerprint density at radius 3 is 2.84 bits per heavy atom. The summed E-state index contributed by atoms with van der Waals surface area (Å²) in [6.45, 7) is 4.75. The first-order chi connectivity index (χ1) is 12.3. The summed E-state index contributed by atoms with van der Waals surface area (Å²) in [4.78, 5) is 6.80. The molecule has 0 aliphatic carbocycles. The highest BCUT2D eigenvalue weighted by atomic mass is 16.5. The van der Waals surface area contributed by atoms with Crippen LogP contribution in [-0.4, -0.2) is 22.8 Å². The van der Waals surface area contributed by atoms with E-state index in [4.69, 9.17) is 9.26 Å². The second kappa shape index (κ2) is 6.59. The Hall–Kier alpha value is -2.82. The number of para-hydroxylation sites is 2. The van der Waals surface area contributed by atoms with E-state index in [0.717, 1.165) is 29.8 Å². The maximum atomic E-state index is 5.69. The molecule has 2 aromatic carbocycles. The SMILES string of the molecule is CCOc1ccccc1-c1noc(N2c3ccccc3CCC2C)n1. The van der Waals surface area contributed by atoms with Gasteiger partial charge in [-0.3, -0.25) is 4.90 Å². The van der Waals surface area contributed by atoms with Crippen LogP contribution in [-0.2, 0) is 6.42 Å². The van der Waals surface area contributed by atoms with Gasteiger partial charge in [0.1, 0.15) is 5.75 Å². The standard InChI is InChI=1S/C20H21N3O2/c1-3-24-18-11-7-5-9-16(18)19-21-20(25-22-19)23-14(2)12-13-15-8-4-6-10-17(15)23/h4-11,14H,3,12-13H2,1-2H3. The van der Waals surface area contributed by atoms with Crippen LogP contribution in [0.15, 0.2) is 53.1 Å². The lowest BCUT2D eigenvalue weighted by Gasteiger charge is -2.33. The van der Waals surface area contributed by atoms with Gasteiger partial charge in [-0.2, -0.15) is 4.98 Å². The number of fused-ring (bicyclic) bond motifs is 1. The van der Waals surface area contributed by atoms with Crippen molar-refractivity contribution in [3.8, 4) is 17.1 Å². The molecule has 0 bridgehead atoms. The van der Waals surface area contributed by atoms with Crippen LogP contribution >= 0.6 is 0 Å². The number of rotatable bonds is 4. The zero-order chi connectivity index (χ0) is 17.2. The van der Waals surface area contributed by atoms with Crippen LogP contribution in [0, 0.1) is 0 Å². The lowest BCUT2D eigenvalue weighted by Crippen LogP contribution is -2.33.